The molecule has 3 aromatic rings. The second-order valence-electron chi connectivity index (χ2n) is 9.49. The van der Waals surface area contributed by atoms with Crippen molar-refractivity contribution in [3.8, 4) is 5.75 Å². The quantitative estimate of drug-likeness (QED) is 0.380. The summed E-state index contributed by atoms with van der Waals surface area (Å²) in [5, 5.41) is 2.98. The van der Waals surface area contributed by atoms with Crippen molar-refractivity contribution in [1.29, 1.82) is 0 Å². The molecule has 37 heavy (non-hydrogen) atoms. The Kier molecular flexibility index (Phi) is 8.75. The minimum atomic E-state index is -0.201. The van der Waals surface area contributed by atoms with Gasteiger partial charge in [-0.2, -0.15) is 0 Å². The minimum Gasteiger partial charge on any atom is -0.449 e. The molecule has 4 rings (SSSR count). The van der Waals surface area contributed by atoms with Crippen LogP contribution in [0.25, 0.3) is 6.08 Å². The highest BCUT2D eigenvalue weighted by atomic mass is 16.5. The van der Waals surface area contributed by atoms with Crippen molar-refractivity contribution in [3.05, 3.63) is 101 Å². The van der Waals surface area contributed by atoms with Gasteiger partial charge in [0.1, 0.15) is 0 Å². The zero-order chi connectivity index (χ0) is 26.2. The van der Waals surface area contributed by atoms with Crippen LogP contribution in [0.4, 0.5) is 5.69 Å². The predicted octanol–water partition coefficient (Wildman–Crippen LogP) is 5.42. The molecular formula is C31H35N3O3. The number of benzene rings is 3. The summed E-state index contributed by atoms with van der Waals surface area (Å²) in [6.45, 7) is 7.11. The number of nitrogens with zero attached hydrogens (tertiary/aromatic N) is 2. The number of carbonyl (C=O) groups excluding carboxylic acids is 2. The zero-order valence-electron chi connectivity index (χ0n) is 21.9. The molecular weight excluding hydrogens is 462 g/mol. The van der Waals surface area contributed by atoms with E-state index >= 15 is 0 Å². The van der Waals surface area contributed by atoms with Crippen LogP contribution >= 0.6 is 0 Å². The van der Waals surface area contributed by atoms with E-state index in [9.17, 15) is 9.59 Å². The molecule has 0 aromatic heterocycles. The van der Waals surface area contributed by atoms with Gasteiger partial charge in [0.25, 0.3) is 11.8 Å². The van der Waals surface area contributed by atoms with Crippen LogP contribution < -0.4 is 15.0 Å². The van der Waals surface area contributed by atoms with Gasteiger partial charge in [-0.05, 0) is 68.4 Å². The van der Waals surface area contributed by atoms with Gasteiger partial charge in [0.05, 0.1) is 12.2 Å². The molecule has 0 spiro atoms. The van der Waals surface area contributed by atoms with Crippen molar-refractivity contribution >= 4 is 23.6 Å². The molecule has 0 bridgehead atoms. The van der Waals surface area contributed by atoms with Gasteiger partial charge < -0.3 is 15.0 Å². The third-order valence-corrected chi connectivity index (χ3v) is 6.44. The van der Waals surface area contributed by atoms with Crippen molar-refractivity contribution in [2.45, 2.75) is 33.2 Å². The second kappa shape index (κ2) is 12.4. The first kappa shape index (κ1) is 26.2. The number of nitrogens with one attached hydrogen (secondary N) is 1. The Morgan fingerprint density at radius 3 is 2.46 bits per heavy atom. The molecule has 0 radical (unpaired) electrons. The molecule has 1 heterocycles. The molecule has 192 valence electrons. The van der Waals surface area contributed by atoms with Gasteiger partial charge in [-0.1, -0.05) is 67.4 Å². The molecule has 3 aromatic carbocycles. The topological polar surface area (TPSA) is 61.9 Å². The largest absolute Gasteiger partial charge is 0.449 e. The molecule has 6 nitrogen and oxygen atoms in total. The van der Waals surface area contributed by atoms with Crippen molar-refractivity contribution in [3.63, 3.8) is 0 Å². The lowest BCUT2D eigenvalue weighted by Crippen LogP contribution is -2.36. The van der Waals surface area contributed by atoms with Crippen molar-refractivity contribution in [1.82, 2.24) is 10.2 Å². The van der Waals surface area contributed by atoms with Crippen molar-refractivity contribution in [2.75, 3.05) is 31.6 Å². The number of hydrogen-bond acceptors (Lipinski definition) is 4. The molecule has 2 amide bonds. The lowest BCUT2D eigenvalue weighted by molar-refractivity contribution is -0.117. The fraction of sp³-hybridized carbons (Fsp3) is 0.290. The number of para-hydroxylation sites is 2. The third-order valence-electron chi connectivity index (χ3n) is 6.44. The Labute approximate surface area is 219 Å². The van der Waals surface area contributed by atoms with E-state index in [0.29, 0.717) is 24.4 Å². The molecule has 0 unspecified atom stereocenters. The van der Waals surface area contributed by atoms with Gasteiger partial charge in [-0.25, -0.2) is 0 Å². The fourth-order valence-corrected chi connectivity index (χ4v) is 4.18. The summed E-state index contributed by atoms with van der Waals surface area (Å²) in [6.07, 6.45) is 4.04. The minimum absolute atomic E-state index is 0.105. The first-order chi connectivity index (χ1) is 17.9. The van der Waals surface area contributed by atoms with Crippen LogP contribution in [0.3, 0.4) is 0 Å². The highest BCUT2D eigenvalue weighted by molar-refractivity contribution is 6.09. The maximum atomic E-state index is 13.4. The van der Waals surface area contributed by atoms with Crippen LogP contribution in [0.5, 0.6) is 5.75 Å². The van der Waals surface area contributed by atoms with Crippen molar-refractivity contribution < 1.29 is 14.3 Å². The van der Waals surface area contributed by atoms with Crippen LogP contribution in [0.1, 0.15) is 46.8 Å². The SMILES string of the molecule is CCCCN(C)CCNC(=O)c1ccc(/C=C2/Oc3ccccc3N(Cc3ccc(C)cc3)C2=O)cc1. The Morgan fingerprint density at radius 1 is 1.00 bits per heavy atom. The molecule has 0 aliphatic carbocycles. The van der Waals surface area contributed by atoms with Gasteiger partial charge >= 0.3 is 0 Å². The van der Waals surface area contributed by atoms with Crippen LogP contribution in [-0.4, -0.2) is 43.4 Å². The number of unbranched alkanes of at least 4 members (excludes halogenated alkanes) is 1. The summed E-state index contributed by atoms with van der Waals surface area (Å²) in [5.74, 6) is 0.582. The van der Waals surface area contributed by atoms with E-state index in [1.165, 1.54) is 5.56 Å². The lowest BCUT2D eigenvalue weighted by Gasteiger charge is -2.30. The van der Waals surface area contributed by atoms with E-state index in [4.69, 9.17) is 4.74 Å². The molecule has 0 atom stereocenters. The van der Waals surface area contributed by atoms with E-state index < -0.39 is 0 Å². The summed E-state index contributed by atoms with van der Waals surface area (Å²) < 4.78 is 6.00. The van der Waals surface area contributed by atoms with E-state index in [0.717, 1.165) is 42.7 Å². The third kappa shape index (κ3) is 6.86. The van der Waals surface area contributed by atoms with Crippen LogP contribution in [0.15, 0.2) is 78.6 Å². The molecule has 0 fully saturated rings. The standard InChI is InChI=1S/C31H35N3O3/c1-4-5-19-33(3)20-18-32-30(35)26-16-14-24(15-17-26)21-29-31(36)34(22-25-12-10-23(2)11-13-25)27-8-6-7-9-28(27)37-29/h6-17,21H,4-5,18-20,22H2,1-3H3,(H,32,35)/b29-21+. The van der Waals surface area contributed by atoms with Crippen molar-refractivity contribution in [2.24, 2.45) is 0 Å². The molecule has 1 aliphatic heterocycles. The molecule has 6 heteroatoms. The summed E-state index contributed by atoms with van der Waals surface area (Å²) in [6, 6.07) is 22.9. The second-order valence-corrected chi connectivity index (χ2v) is 9.49. The summed E-state index contributed by atoms with van der Waals surface area (Å²) >= 11 is 0. The van der Waals surface area contributed by atoms with E-state index in [-0.39, 0.29) is 17.6 Å². The molecule has 1 N–H and O–H groups in total. The Morgan fingerprint density at radius 2 is 1.73 bits per heavy atom. The highest BCUT2D eigenvalue weighted by Gasteiger charge is 2.30. The van der Waals surface area contributed by atoms with Gasteiger partial charge in [0, 0.05) is 18.7 Å². The Bertz CT molecular complexity index is 1250. The number of carbonyl (C=O) groups is 2. The molecule has 0 saturated heterocycles. The van der Waals surface area contributed by atoms with Gasteiger partial charge in [-0.3, -0.25) is 14.5 Å². The van der Waals surface area contributed by atoms with Crippen LogP contribution in [0, 0.1) is 6.92 Å². The van der Waals surface area contributed by atoms with E-state index in [1.807, 2.05) is 67.6 Å². The normalized spacial score (nSPS) is 14.0. The first-order valence-electron chi connectivity index (χ1n) is 12.9. The van der Waals surface area contributed by atoms with Crippen LogP contribution in [0.2, 0.25) is 0 Å². The number of amides is 2. The predicted molar refractivity (Wildman–Crippen MR) is 149 cm³/mol. The van der Waals surface area contributed by atoms with E-state index in [2.05, 4.69) is 24.2 Å². The first-order valence-corrected chi connectivity index (χ1v) is 12.9. The maximum Gasteiger partial charge on any atom is 0.294 e. The average molecular weight is 498 g/mol. The number of likely N-dealkylation sites (N-methyl/N-ethyl adjacent to an activating group) is 1. The fourth-order valence-electron chi connectivity index (χ4n) is 4.18. The zero-order valence-corrected chi connectivity index (χ0v) is 21.9. The number of fused-ring (bicyclic) bond motifs is 1. The Balaban J connectivity index is 1.45. The monoisotopic (exact) mass is 497 g/mol. The number of hydrogen-bond donors (Lipinski definition) is 1. The van der Waals surface area contributed by atoms with Crippen LogP contribution in [-0.2, 0) is 11.3 Å². The maximum absolute atomic E-state index is 13.4. The number of ether oxygens (including phenoxy) is 1. The molecule has 0 saturated carbocycles. The average Bonchev–Trinajstić information content (AvgIpc) is 2.91. The summed E-state index contributed by atoms with van der Waals surface area (Å²) in [7, 11) is 2.07. The lowest BCUT2D eigenvalue weighted by atomic mass is 10.1. The van der Waals surface area contributed by atoms with Gasteiger partial charge in [0.15, 0.2) is 11.5 Å². The summed E-state index contributed by atoms with van der Waals surface area (Å²) in [5.41, 5.74) is 4.34. The van der Waals surface area contributed by atoms with E-state index in [1.54, 1.807) is 23.1 Å². The smallest absolute Gasteiger partial charge is 0.294 e. The summed E-state index contributed by atoms with van der Waals surface area (Å²) in [4.78, 5) is 29.9. The van der Waals surface area contributed by atoms with Gasteiger partial charge in [-0.15, -0.1) is 0 Å². The number of rotatable bonds is 10. The number of aryl methyl sites for hydroxylation is 1. The number of anilines is 1. The Hall–Kier alpha value is -3.90. The molecule has 1 aliphatic rings. The highest BCUT2D eigenvalue weighted by Crippen LogP contribution is 2.36. The van der Waals surface area contributed by atoms with Gasteiger partial charge in [0.2, 0.25) is 0 Å².